The van der Waals surface area contributed by atoms with Gasteiger partial charge in [0.1, 0.15) is 17.2 Å². The maximum Gasteiger partial charge on any atom is 0.225 e. The maximum absolute atomic E-state index is 12.1. The van der Waals surface area contributed by atoms with Crippen LogP contribution in [0.15, 0.2) is 78.9 Å². The Bertz CT molecular complexity index is 863. The lowest BCUT2D eigenvalue weighted by atomic mass is 10.2. The zero-order valence-electron chi connectivity index (χ0n) is 15.9. The van der Waals surface area contributed by atoms with Crippen LogP contribution >= 0.6 is 0 Å². The van der Waals surface area contributed by atoms with Gasteiger partial charge in [0.15, 0.2) is 0 Å². The van der Waals surface area contributed by atoms with E-state index in [1.54, 1.807) is 7.11 Å². The molecule has 5 heteroatoms. The molecule has 0 fully saturated rings. The molecule has 0 saturated heterocycles. The zero-order chi connectivity index (χ0) is 19.6. The predicted octanol–water partition coefficient (Wildman–Crippen LogP) is 4.61. The molecule has 0 heterocycles. The second-order valence-corrected chi connectivity index (χ2v) is 6.26. The number of hydrogen-bond acceptors (Lipinski definition) is 4. The molecule has 2 N–H and O–H groups in total. The Morgan fingerprint density at radius 2 is 1.46 bits per heavy atom. The van der Waals surface area contributed by atoms with E-state index in [1.807, 2.05) is 78.9 Å². The van der Waals surface area contributed by atoms with E-state index in [0.29, 0.717) is 19.5 Å². The van der Waals surface area contributed by atoms with Crippen molar-refractivity contribution >= 4 is 11.6 Å². The molecule has 0 saturated carbocycles. The van der Waals surface area contributed by atoms with Gasteiger partial charge in [0.2, 0.25) is 5.91 Å². The van der Waals surface area contributed by atoms with E-state index in [2.05, 4.69) is 10.6 Å². The van der Waals surface area contributed by atoms with Crippen molar-refractivity contribution in [3.05, 3.63) is 84.4 Å². The maximum atomic E-state index is 12.1. The molecule has 0 aliphatic carbocycles. The molecule has 5 nitrogen and oxygen atoms in total. The first kappa shape index (κ1) is 19.5. The Labute approximate surface area is 165 Å². The lowest BCUT2D eigenvalue weighted by Crippen LogP contribution is -2.21. The number of anilines is 1. The van der Waals surface area contributed by atoms with E-state index in [4.69, 9.17) is 9.47 Å². The topological polar surface area (TPSA) is 59.6 Å². The summed E-state index contributed by atoms with van der Waals surface area (Å²) in [6, 6.07) is 24.8. The number of hydrogen-bond donors (Lipinski definition) is 2. The third kappa shape index (κ3) is 6.14. The number of methoxy groups -OCH3 is 1. The number of benzene rings is 3. The summed E-state index contributed by atoms with van der Waals surface area (Å²) >= 11 is 0. The fourth-order valence-corrected chi connectivity index (χ4v) is 2.63. The third-order valence-electron chi connectivity index (χ3n) is 4.13. The quantitative estimate of drug-likeness (QED) is 0.536. The Morgan fingerprint density at radius 1 is 0.821 bits per heavy atom. The molecule has 0 radical (unpaired) electrons. The van der Waals surface area contributed by atoms with Crippen LogP contribution in [0.5, 0.6) is 17.2 Å². The Hall–Kier alpha value is -3.31. The van der Waals surface area contributed by atoms with Gasteiger partial charge in [-0.2, -0.15) is 0 Å². The summed E-state index contributed by atoms with van der Waals surface area (Å²) < 4.78 is 10.9. The number of rotatable bonds is 9. The molecule has 0 spiro atoms. The van der Waals surface area contributed by atoms with Gasteiger partial charge in [-0.1, -0.05) is 30.3 Å². The summed E-state index contributed by atoms with van der Waals surface area (Å²) in [6.07, 6.45) is 0.401. The van der Waals surface area contributed by atoms with Crippen molar-refractivity contribution in [3.63, 3.8) is 0 Å². The summed E-state index contributed by atoms with van der Waals surface area (Å²) in [6.45, 7) is 1.32. The highest BCUT2D eigenvalue weighted by molar-refractivity contribution is 5.90. The van der Waals surface area contributed by atoms with Crippen LogP contribution in [0, 0.1) is 0 Å². The Balaban J connectivity index is 1.38. The van der Waals surface area contributed by atoms with Gasteiger partial charge >= 0.3 is 0 Å². The predicted molar refractivity (Wildman–Crippen MR) is 111 cm³/mol. The molecule has 0 atom stereocenters. The molecule has 0 aromatic heterocycles. The summed E-state index contributed by atoms with van der Waals surface area (Å²) in [4.78, 5) is 12.1. The molecule has 0 unspecified atom stereocenters. The second kappa shape index (κ2) is 10.1. The minimum Gasteiger partial charge on any atom is -0.497 e. The lowest BCUT2D eigenvalue weighted by molar-refractivity contribution is -0.116. The zero-order valence-corrected chi connectivity index (χ0v) is 15.9. The van der Waals surface area contributed by atoms with Gasteiger partial charge < -0.3 is 20.1 Å². The number of amides is 1. The van der Waals surface area contributed by atoms with Crippen molar-refractivity contribution in [2.45, 2.75) is 13.0 Å². The van der Waals surface area contributed by atoms with Crippen LogP contribution in [0.25, 0.3) is 0 Å². The van der Waals surface area contributed by atoms with E-state index in [-0.39, 0.29) is 5.91 Å². The van der Waals surface area contributed by atoms with Gasteiger partial charge in [-0.15, -0.1) is 0 Å². The first-order chi connectivity index (χ1) is 13.7. The van der Waals surface area contributed by atoms with E-state index < -0.39 is 0 Å². The SMILES string of the molecule is COc1ccc(CNCCC(=O)Nc2ccc(Oc3ccccc3)cc2)cc1. The number of nitrogens with one attached hydrogen (secondary N) is 2. The highest BCUT2D eigenvalue weighted by atomic mass is 16.5. The summed E-state index contributed by atoms with van der Waals surface area (Å²) in [5, 5.41) is 6.17. The largest absolute Gasteiger partial charge is 0.497 e. The standard InChI is InChI=1S/C23H24N2O3/c1-27-20-11-7-18(8-12-20)17-24-16-15-23(26)25-19-9-13-22(14-10-19)28-21-5-3-2-4-6-21/h2-14,24H,15-17H2,1H3,(H,25,26). The second-order valence-electron chi connectivity index (χ2n) is 6.26. The van der Waals surface area contributed by atoms with Crippen molar-refractivity contribution in [2.75, 3.05) is 19.0 Å². The van der Waals surface area contributed by atoms with Crippen LogP contribution < -0.4 is 20.1 Å². The Kier molecular flexibility index (Phi) is 7.04. The molecule has 1 amide bonds. The average molecular weight is 376 g/mol. The van der Waals surface area contributed by atoms with Gasteiger partial charge in [0.25, 0.3) is 0 Å². The van der Waals surface area contributed by atoms with E-state index in [0.717, 1.165) is 28.5 Å². The minimum atomic E-state index is -0.0287. The van der Waals surface area contributed by atoms with E-state index in [9.17, 15) is 4.79 Å². The molecule has 3 aromatic rings. The van der Waals surface area contributed by atoms with Gasteiger partial charge in [-0.3, -0.25) is 4.79 Å². The van der Waals surface area contributed by atoms with Crippen molar-refractivity contribution in [1.82, 2.24) is 5.32 Å². The van der Waals surface area contributed by atoms with Crippen LogP contribution in [0.4, 0.5) is 5.69 Å². The molecule has 0 bridgehead atoms. The average Bonchev–Trinajstić information content (AvgIpc) is 2.74. The third-order valence-corrected chi connectivity index (χ3v) is 4.13. The molecule has 28 heavy (non-hydrogen) atoms. The fraction of sp³-hybridized carbons (Fsp3) is 0.174. The number of para-hydroxylation sites is 1. The van der Waals surface area contributed by atoms with Crippen LogP contribution in [0.2, 0.25) is 0 Å². The van der Waals surface area contributed by atoms with Gasteiger partial charge in [0.05, 0.1) is 7.11 Å². The highest BCUT2D eigenvalue weighted by Gasteiger charge is 2.03. The summed E-state index contributed by atoms with van der Waals surface area (Å²) in [7, 11) is 1.65. The first-order valence-electron chi connectivity index (χ1n) is 9.19. The Morgan fingerprint density at radius 3 is 2.14 bits per heavy atom. The monoisotopic (exact) mass is 376 g/mol. The van der Waals surface area contributed by atoms with E-state index >= 15 is 0 Å². The molecule has 3 aromatic carbocycles. The van der Waals surface area contributed by atoms with Crippen LogP contribution in [-0.4, -0.2) is 19.6 Å². The van der Waals surface area contributed by atoms with Gasteiger partial charge in [-0.05, 0) is 54.1 Å². The molecule has 0 aliphatic rings. The van der Waals surface area contributed by atoms with Gasteiger partial charge in [0, 0.05) is 25.2 Å². The summed E-state index contributed by atoms with van der Waals surface area (Å²) in [5.41, 5.74) is 1.90. The summed E-state index contributed by atoms with van der Waals surface area (Å²) in [5.74, 6) is 2.31. The van der Waals surface area contributed by atoms with Gasteiger partial charge in [-0.25, -0.2) is 0 Å². The minimum absolute atomic E-state index is 0.0287. The molecular weight excluding hydrogens is 352 g/mol. The highest BCUT2D eigenvalue weighted by Crippen LogP contribution is 2.22. The normalized spacial score (nSPS) is 10.3. The molecule has 0 aliphatic heterocycles. The number of ether oxygens (including phenoxy) is 2. The van der Waals surface area contributed by atoms with Crippen molar-refractivity contribution < 1.29 is 14.3 Å². The van der Waals surface area contributed by atoms with Crippen molar-refractivity contribution in [1.29, 1.82) is 0 Å². The number of carbonyl (C=O) groups excluding carboxylic acids is 1. The molecule has 3 rings (SSSR count). The van der Waals surface area contributed by atoms with Crippen LogP contribution in [0.3, 0.4) is 0 Å². The van der Waals surface area contributed by atoms with Crippen LogP contribution in [0.1, 0.15) is 12.0 Å². The smallest absolute Gasteiger partial charge is 0.225 e. The molecule has 144 valence electrons. The van der Waals surface area contributed by atoms with Crippen LogP contribution in [-0.2, 0) is 11.3 Å². The van der Waals surface area contributed by atoms with E-state index in [1.165, 1.54) is 0 Å². The fourth-order valence-electron chi connectivity index (χ4n) is 2.63. The lowest BCUT2D eigenvalue weighted by Gasteiger charge is -2.09. The molecular formula is C23H24N2O3. The van der Waals surface area contributed by atoms with Crippen molar-refractivity contribution in [3.8, 4) is 17.2 Å². The first-order valence-corrected chi connectivity index (χ1v) is 9.19. The number of carbonyl (C=O) groups is 1. The van der Waals surface area contributed by atoms with Crippen molar-refractivity contribution in [2.24, 2.45) is 0 Å².